The molecule has 5 rings (SSSR count). The second kappa shape index (κ2) is 31.4. The van der Waals surface area contributed by atoms with Gasteiger partial charge in [0.05, 0.1) is 107 Å². The topological polar surface area (TPSA) is 307 Å². The number of imide groups is 1. The van der Waals surface area contributed by atoms with Gasteiger partial charge in [-0.05, 0) is 75.1 Å². The quantitative estimate of drug-likeness (QED) is 0.0277. The standard InChI is InChI=1S/C53H73N3O21S3/c1-52(20-10-38-78(60,61)62)43-39-41(79(63,64)65)13-15-45(43)54(23-27-72-30-31-74-34-35-76-37-36-75-33-32-73-29-28-70-4)47(52)11-8-6-5-7-9-12-48-53(2,21-25-69-3)44-40-42(80(66,67)68)14-16-46(44)55(48)22-26-71-24-19-51(59)77-56-49(57)17-18-50(56)58/h5-9,11-16,39-40H,10,17-38H2,1-4H3,(H2-,60,61,62,63,64,65,66,67,68)/p+1. The molecule has 3 aliphatic heterocycles. The maximum Gasteiger partial charge on any atom is 0.335 e. The average molecular weight is 1190 g/mol. The minimum Gasteiger partial charge on any atom is -0.385 e. The van der Waals surface area contributed by atoms with E-state index in [2.05, 4.69) is 0 Å². The maximum absolute atomic E-state index is 12.4. The van der Waals surface area contributed by atoms with E-state index in [9.17, 15) is 53.3 Å². The first-order valence-electron chi connectivity index (χ1n) is 25.9. The SMILES string of the molecule is COCCOCCOCCOCCOCCOCC[N+]1=C(/C=C/C=C/C=C/C=C2/N(CCOCCC(=O)ON3C(=O)CCC3=O)c3ccc(S(=O)(=O)O)cc3C2(C)CCOC)C(C)(CCCS(=O)(=O)O)c2cc(S(=O)(=O)O)ccc21. The third kappa shape index (κ3) is 19.3. The molecular formula is C53H74N3O21S3+. The third-order valence-electron chi connectivity index (χ3n) is 13.3. The minimum absolute atomic E-state index is 0.00538. The van der Waals surface area contributed by atoms with Gasteiger partial charge < -0.3 is 47.6 Å². The largest absolute Gasteiger partial charge is 0.385 e. The third-order valence-corrected chi connectivity index (χ3v) is 15.8. The lowest BCUT2D eigenvalue weighted by atomic mass is 9.76. The summed E-state index contributed by atoms with van der Waals surface area (Å²) in [5.41, 5.74) is 1.84. The van der Waals surface area contributed by atoms with Gasteiger partial charge in [0.1, 0.15) is 6.61 Å². The van der Waals surface area contributed by atoms with Crippen LogP contribution in [0.3, 0.4) is 0 Å². The van der Waals surface area contributed by atoms with E-state index in [1.165, 1.54) is 31.4 Å². The van der Waals surface area contributed by atoms with Crippen LogP contribution in [-0.4, -0.2) is 198 Å². The first-order valence-corrected chi connectivity index (χ1v) is 30.4. The average Bonchev–Trinajstić information content (AvgIpc) is 4.16. The van der Waals surface area contributed by atoms with Crippen LogP contribution in [0.5, 0.6) is 0 Å². The fourth-order valence-corrected chi connectivity index (χ4v) is 10.8. The van der Waals surface area contributed by atoms with Crippen LogP contribution in [0.2, 0.25) is 0 Å². The van der Waals surface area contributed by atoms with Crippen LogP contribution < -0.4 is 4.90 Å². The Bertz CT molecular complexity index is 2930. The number of allylic oxidation sites excluding steroid dienone is 8. The molecule has 0 radical (unpaired) electrons. The molecule has 2 unspecified atom stereocenters. The van der Waals surface area contributed by atoms with Crippen molar-refractivity contribution >= 4 is 65.2 Å². The first-order chi connectivity index (χ1) is 38.0. The number of ether oxygens (including phenoxy) is 8. The van der Waals surface area contributed by atoms with Crippen molar-refractivity contribution in [2.45, 2.75) is 73.0 Å². The number of rotatable bonds is 38. The minimum atomic E-state index is -4.64. The van der Waals surface area contributed by atoms with E-state index in [1.807, 2.05) is 35.5 Å². The Hall–Kier alpha value is -5.11. The van der Waals surface area contributed by atoms with Crippen molar-refractivity contribution < 1.29 is 101 Å². The van der Waals surface area contributed by atoms with Gasteiger partial charge in [-0.1, -0.05) is 30.4 Å². The molecule has 0 bridgehead atoms. The van der Waals surface area contributed by atoms with Gasteiger partial charge in [-0.3, -0.25) is 23.2 Å². The summed E-state index contributed by atoms with van der Waals surface area (Å²) in [5, 5.41) is 0.465. The van der Waals surface area contributed by atoms with Gasteiger partial charge in [0.15, 0.2) is 12.3 Å². The molecule has 0 saturated carbocycles. The van der Waals surface area contributed by atoms with Gasteiger partial charge in [-0.25, -0.2) is 4.79 Å². The van der Waals surface area contributed by atoms with Gasteiger partial charge in [0.25, 0.3) is 42.2 Å². The molecule has 27 heteroatoms. The van der Waals surface area contributed by atoms with Crippen LogP contribution >= 0.6 is 0 Å². The predicted octanol–water partition coefficient (Wildman–Crippen LogP) is 4.31. The van der Waals surface area contributed by atoms with Gasteiger partial charge in [0.2, 0.25) is 5.69 Å². The van der Waals surface area contributed by atoms with E-state index in [-0.39, 0.29) is 94.6 Å². The summed E-state index contributed by atoms with van der Waals surface area (Å²) in [7, 11) is -10.4. The summed E-state index contributed by atoms with van der Waals surface area (Å²) < 4.78 is 149. The lowest BCUT2D eigenvalue weighted by Gasteiger charge is -2.30. The Labute approximate surface area is 468 Å². The molecule has 1 saturated heterocycles. The van der Waals surface area contributed by atoms with Crippen LogP contribution in [0, 0.1) is 0 Å². The zero-order valence-electron chi connectivity index (χ0n) is 45.5. The maximum atomic E-state index is 12.4. The number of carbonyl (C=O) groups excluding carboxylic acids is 3. The van der Waals surface area contributed by atoms with E-state index < -0.39 is 64.7 Å². The monoisotopic (exact) mass is 1180 g/mol. The highest BCUT2D eigenvalue weighted by atomic mass is 32.2. The molecule has 80 heavy (non-hydrogen) atoms. The van der Waals surface area contributed by atoms with E-state index in [1.54, 1.807) is 49.6 Å². The summed E-state index contributed by atoms with van der Waals surface area (Å²) in [6, 6.07) is 8.52. The van der Waals surface area contributed by atoms with E-state index in [4.69, 9.17) is 42.7 Å². The van der Waals surface area contributed by atoms with Crippen LogP contribution in [0.1, 0.15) is 63.5 Å². The van der Waals surface area contributed by atoms with Crippen LogP contribution in [0.4, 0.5) is 11.4 Å². The normalized spacial score (nSPS) is 19.3. The summed E-state index contributed by atoms with van der Waals surface area (Å²) in [4.78, 5) is 42.4. The summed E-state index contributed by atoms with van der Waals surface area (Å²) in [6.07, 6.45) is 12.7. The Morgan fingerprint density at radius 3 is 1.73 bits per heavy atom. The Balaban J connectivity index is 1.32. The van der Waals surface area contributed by atoms with Gasteiger partial charge in [0, 0.05) is 74.7 Å². The van der Waals surface area contributed by atoms with Gasteiger partial charge >= 0.3 is 5.97 Å². The molecule has 3 aliphatic rings. The van der Waals surface area contributed by atoms with E-state index in [0.717, 1.165) is 5.70 Å². The molecule has 2 amide bonds. The smallest absolute Gasteiger partial charge is 0.335 e. The fourth-order valence-electron chi connectivity index (χ4n) is 9.29. The molecule has 1 fully saturated rings. The van der Waals surface area contributed by atoms with Gasteiger partial charge in [-0.2, -0.15) is 29.8 Å². The Morgan fingerprint density at radius 2 is 1.15 bits per heavy atom. The van der Waals surface area contributed by atoms with E-state index >= 15 is 0 Å². The lowest BCUT2D eigenvalue weighted by Crippen LogP contribution is -2.33. The summed E-state index contributed by atoms with van der Waals surface area (Å²) in [5.74, 6) is -2.57. The molecule has 0 spiro atoms. The number of hydroxylamine groups is 2. The second-order valence-corrected chi connectivity index (χ2v) is 23.4. The summed E-state index contributed by atoms with van der Waals surface area (Å²) >= 11 is 0. The molecule has 0 aliphatic carbocycles. The number of hydrogen-bond donors (Lipinski definition) is 3. The fraction of sp³-hybridized carbons (Fsp3) is 0.547. The Kier molecular flexibility index (Phi) is 25.8. The van der Waals surface area contributed by atoms with Crippen molar-refractivity contribution in [1.29, 1.82) is 0 Å². The predicted molar refractivity (Wildman–Crippen MR) is 291 cm³/mol. The number of benzene rings is 2. The van der Waals surface area contributed by atoms with Crippen LogP contribution in [0.25, 0.3) is 0 Å². The van der Waals surface area contributed by atoms with Crippen LogP contribution in [-0.2, 0) is 98.3 Å². The number of hydrogen-bond acceptors (Lipinski definition) is 19. The lowest BCUT2D eigenvalue weighted by molar-refractivity contribution is -0.442. The first kappa shape index (κ1) is 65.7. The Morgan fingerprint density at radius 1 is 0.625 bits per heavy atom. The molecule has 3 heterocycles. The number of carbonyl (C=O) groups is 3. The molecular weight excluding hydrogens is 1110 g/mol. The van der Waals surface area contributed by atoms with Crippen molar-refractivity contribution in [3.63, 3.8) is 0 Å². The van der Waals surface area contributed by atoms with Crippen molar-refractivity contribution in [3.05, 3.63) is 95.8 Å². The van der Waals surface area contributed by atoms with Crippen molar-refractivity contribution in [1.82, 2.24) is 5.06 Å². The number of amides is 2. The number of anilines is 1. The second-order valence-electron chi connectivity index (χ2n) is 18.9. The van der Waals surface area contributed by atoms with Crippen LogP contribution in [0.15, 0.2) is 94.4 Å². The highest BCUT2D eigenvalue weighted by molar-refractivity contribution is 7.86. The van der Waals surface area contributed by atoms with Crippen molar-refractivity contribution in [2.24, 2.45) is 0 Å². The molecule has 444 valence electrons. The van der Waals surface area contributed by atoms with Crippen molar-refractivity contribution in [2.75, 3.05) is 130 Å². The zero-order chi connectivity index (χ0) is 58.4. The number of fused-ring (bicyclic) bond motifs is 2. The highest BCUT2D eigenvalue weighted by Crippen LogP contribution is 2.51. The number of methoxy groups -OCH3 is 2. The van der Waals surface area contributed by atoms with Gasteiger partial charge in [-0.15, -0.1) is 5.06 Å². The molecule has 3 N–H and O–H groups in total. The summed E-state index contributed by atoms with van der Waals surface area (Å²) in [6.45, 7) is 8.66. The van der Waals surface area contributed by atoms with Crippen molar-refractivity contribution in [3.8, 4) is 0 Å². The number of nitrogens with zero attached hydrogens (tertiary/aromatic N) is 3. The molecule has 2 aromatic rings. The molecule has 2 atom stereocenters. The molecule has 0 aromatic heterocycles. The highest BCUT2D eigenvalue weighted by Gasteiger charge is 2.48. The zero-order valence-corrected chi connectivity index (χ0v) is 48.0. The molecule has 2 aromatic carbocycles. The molecule has 24 nitrogen and oxygen atoms in total. The van der Waals surface area contributed by atoms with E-state index in [0.29, 0.717) is 92.6 Å².